The van der Waals surface area contributed by atoms with Gasteiger partial charge in [0.2, 0.25) is 9.84 Å². The molecule has 23 heavy (non-hydrogen) atoms. The van der Waals surface area contributed by atoms with E-state index >= 15 is 0 Å². The third kappa shape index (κ3) is 2.17. The van der Waals surface area contributed by atoms with Crippen LogP contribution in [0.15, 0.2) is 40.1 Å². The van der Waals surface area contributed by atoms with Crippen LogP contribution in [0.5, 0.6) is 0 Å². The molecule has 2 aromatic rings. The Morgan fingerprint density at radius 3 is 2.39 bits per heavy atom. The summed E-state index contributed by atoms with van der Waals surface area (Å²) in [7, 11) is -2.38. The standard InChI is InChI=1S/C17H15NO4S/c1-9-6-10(2)16-13(7-9)15(19)12-5-4-11(17(20)18-3)8-14(12)23(16,21)22/h4-8H,1-3H3,(H,18,20). The number of fused-ring (bicyclic) bond motifs is 2. The molecular weight excluding hydrogens is 314 g/mol. The van der Waals surface area contributed by atoms with Gasteiger partial charge in [-0.05, 0) is 43.7 Å². The lowest BCUT2D eigenvalue weighted by Gasteiger charge is -2.21. The lowest BCUT2D eigenvalue weighted by Crippen LogP contribution is -2.24. The van der Waals surface area contributed by atoms with Crippen LogP contribution in [-0.2, 0) is 9.84 Å². The summed E-state index contributed by atoms with van der Waals surface area (Å²) in [5, 5.41) is 2.45. The van der Waals surface area contributed by atoms with E-state index in [-0.39, 0.29) is 32.3 Å². The molecular formula is C17H15NO4S. The monoisotopic (exact) mass is 329 g/mol. The minimum absolute atomic E-state index is 0.0367. The number of hydrogen-bond donors (Lipinski definition) is 1. The Kier molecular flexibility index (Phi) is 3.37. The summed E-state index contributed by atoms with van der Waals surface area (Å²) >= 11 is 0. The van der Waals surface area contributed by atoms with E-state index in [0.717, 1.165) is 5.56 Å². The summed E-state index contributed by atoms with van der Waals surface area (Å²) in [5.41, 5.74) is 1.87. The SMILES string of the molecule is CNC(=O)c1ccc2c(c1)S(=O)(=O)c1c(C)cc(C)cc1C2=O. The summed E-state index contributed by atoms with van der Waals surface area (Å²) in [6.07, 6.45) is 0. The van der Waals surface area contributed by atoms with Crippen molar-refractivity contribution < 1.29 is 18.0 Å². The molecule has 1 heterocycles. The van der Waals surface area contributed by atoms with Gasteiger partial charge in [-0.1, -0.05) is 11.6 Å². The normalized spacial score (nSPS) is 14.8. The van der Waals surface area contributed by atoms with Crippen LogP contribution in [0.4, 0.5) is 0 Å². The zero-order chi connectivity index (χ0) is 16.9. The summed E-state index contributed by atoms with van der Waals surface area (Å²) in [6.45, 7) is 3.49. The molecule has 0 unspecified atom stereocenters. The molecule has 3 rings (SSSR count). The average molecular weight is 329 g/mol. The number of carbonyl (C=O) groups is 2. The van der Waals surface area contributed by atoms with Crippen molar-refractivity contribution in [2.24, 2.45) is 0 Å². The zero-order valence-corrected chi connectivity index (χ0v) is 13.7. The molecule has 2 aromatic carbocycles. The fourth-order valence-corrected chi connectivity index (χ4v) is 4.83. The number of sulfone groups is 1. The van der Waals surface area contributed by atoms with Crippen LogP contribution in [0.2, 0.25) is 0 Å². The highest BCUT2D eigenvalue weighted by Gasteiger charge is 2.36. The van der Waals surface area contributed by atoms with E-state index in [9.17, 15) is 18.0 Å². The van der Waals surface area contributed by atoms with Crippen LogP contribution in [0, 0.1) is 13.8 Å². The van der Waals surface area contributed by atoms with E-state index in [4.69, 9.17) is 0 Å². The van der Waals surface area contributed by atoms with Gasteiger partial charge in [-0.25, -0.2) is 8.42 Å². The highest BCUT2D eigenvalue weighted by molar-refractivity contribution is 7.91. The van der Waals surface area contributed by atoms with Crippen LogP contribution < -0.4 is 5.32 Å². The molecule has 1 aliphatic rings. The second kappa shape index (κ2) is 5.03. The predicted molar refractivity (Wildman–Crippen MR) is 84.6 cm³/mol. The molecule has 0 spiro atoms. The number of hydrogen-bond acceptors (Lipinski definition) is 4. The molecule has 0 aromatic heterocycles. The molecule has 0 radical (unpaired) electrons. The number of nitrogens with one attached hydrogen (secondary N) is 1. The number of aryl methyl sites for hydroxylation is 2. The Hall–Kier alpha value is -2.47. The molecule has 1 aliphatic heterocycles. The Morgan fingerprint density at radius 2 is 1.74 bits per heavy atom. The van der Waals surface area contributed by atoms with Crippen LogP contribution in [0.1, 0.15) is 37.4 Å². The highest BCUT2D eigenvalue weighted by Crippen LogP contribution is 2.37. The largest absolute Gasteiger partial charge is 0.355 e. The van der Waals surface area contributed by atoms with E-state index in [1.165, 1.54) is 25.2 Å². The minimum Gasteiger partial charge on any atom is -0.355 e. The van der Waals surface area contributed by atoms with Crippen molar-refractivity contribution in [1.29, 1.82) is 0 Å². The lowest BCUT2D eigenvalue weighted by molar-refractivity contribution is 0.0960. The number of benzene rings is 2. The molecule has 0 bridgehead atoms. The molecule has 1 N–H and O–H groups in total. The topological polar surface area (TPSA) is 80.3 Å². The van der Waals surface area contributed by atoms with Gasteiger partial charge < -0.3 is 5.32 Å². The van der Waals surface area contributed by atoms with Crippen molar-refractivity contribution in [3.63, 3.8) is 0 Å². The van der Waals surface area contributed by atoms with Gasteiger partial charge in [-0.2, -0.15) is 0 Å². The first kappa shape index (κ1) is 15.4. The first-order valence-corrected chi connectivity index (χ1v) is 8.53. The Balaban J connectivity index is 2.36. The summed E-state index contributed by atoms with van der Waals surface area (Å²) in [5.74, 6) is -0.734. The maximum atomic E-state index is 13.0. The molecule has 5 nitrogen and oxygen atoms in total. The Morgan fingerprint density at radius 1 is 1.04 bits per heavy atom. The lowest BCUT2D eigenvalue weighted by atomic mass is 9.97. The number of amides is 1. The van der Waals surface area contributed by atoms with E-state index in [1.807, 2.05) is 6.92 Å². The maximum absolute atomic E-state index is 13.0. The first-order valence-electron chi connectivity index (χ1n) is 7.04. The molecule has 0 aliphatic carbocycles. The smallest absolute Gasteiger partial charge is 0.251 e. The fourth-order valence-electron chi connectivity index (χ4n) is 2.95. The van der Waals surface area contributed by atoms with Crippen LogP contribution >= 0.6 is 0 Å². The minimum atomic E-state index is -3.85. The van der Waals surface area contributed by atoms with Gasteiger partial charge >= 0.3 is 0 Å². The number of carbonyl (C=O) groups excluding carboxylic acids is 2. The van der Waals surface area contributed by atoms with Gasteiger partial charge in [-0.15, -0.1) is 0 Å². The van der Waals surface area contributed by atoms with Gasteiger partial charge in [0.05, 0.1) is 9.79 Å². The Labute approximate surface area is 134 Å². The van der Waals surface area contributed by atoms with Crippen molar-refractivity contribution in [1.82, 2.24) is 5.32 Å². The van der Waals surface area contributed by atoms with E-state index in [1.54, 1.807) is 19.1 Å². The third-order valence-corrected chi connectivity index (χ3v) is 5.93. The van der Waals surface area contributed by atoms with Crippen LogP contribution in [0.25, 0.3) is 0 Å². The first-order chi connectivity index (χ1) is 10.8. The van der Waals surface area contributed by atoms with Gasteiger partial charge in [0, 0.05) is 23.7 Å². The maximum Gasteiger partial charge on any atom is 0.251 e. The van der Waals surface area contributed by atoms with Crippen molar-refractivity contribution >= 4 is 21.5 Å². The third-order valence-electron chi connectivity index (χ3n) is 3.94. The fraction of sp³-hybridized carbons (Fsp3) is 0.176. The van der Waals surface area contributed by atoms with Crippen LogP contribution in [0.3, 0.4) is 0 Å². The molecule has 6 heteroatoms. The Bertz CT molecular complexity index is 974. The van der Waals surface area contributed by atoms with Crippen molar-refractivity contribution in [3.8, 4) is 0 Å². The molecule has 1 amide bonds. The van der Waals surface area contributed by atoms with Gasteiger partial charge in [0.25, 0.3) is 5.91 Å². The van der Waals surface area contributed by atoms with Crippen LogP contribution in [-0.4, -0.2) is 27.2 Å². The number of ketones is 1. The number of rotatable bonds is 1. The van der Waals surface area contributed by atoms with Gasteiger partial charge in [0.15, 0.2) is 5.78 Å². The summed E-state index contributed by atoms with van der Waals surface area (Å²) in [4.78, 5) is 24.4. The van der Waals surface area contributed by atoms with Crippen molar-refractivity contribution in [2.45, 2.75) is 23.6 Å². The molecule has 0 saturated heterocycles. The molecule has 0 fully saturated rings. The molecule has 118 valence electrons. The highest BCUT2D eigenvalue weighted by atomic mass is 32.2. The van der Waals surface area contributed by atoms with Crippen molar-refractivity contribution in [3.05, 3.63) is 58.1 Å². The summed E-state index contributed by atoms with van der Waals surface area (Å²) < 4.78 is 25.9. The summed E-state index contributed by atoms with van der Waals surface area (Å²) in [6, 6.07) is 7.46. The van der Waals surface area contributed by atoms with E-state index < -0.39 is 15.7 Å². The second-order valence-electron chi connectivity index (χ2n) is 5.58. The second-order valence-corrected chi connectivity index (χ2v) is 7.44. The quantitative estimate of drug-likeness (QED) is 0.741. The zero-order valence-electron chi connectivity index (χ0n) is 12.9. The average Bonchev–Trinajstić information content (AvgIpc) is 2.50. The molecule has 0 saturated carbocycles. The predicted octanol–water partition coefficient (Wildman–Crippen LogP) is 2.04. The van der Waals surface area contributed by atoms with Crippen molar-refractivity contribution in [2.75, 3.05) is 7.05 Å². The van der Waals surface area contributed by atoms with E-state index in [2.05, 4.69) is 5.32 Å². The van der Waals surface area contributed by atoms with Gasteiger partial charge in [0.1, 0.15) is 0 Å². The van der Waals surface area contributed by atoms with Gasteiger partial charge in [-0.3, -0.25) is 9.59 Å². The molecule has 0 atom stereocenters. The van der Waals surface area contributed by atoms with E-state index in [0.29, 0.717) is 5.56 Å².